The van der Waals surface area contributed by atoms with Gasteiger partial charge in [0.15, 0.2) is 6.61 Å². The van der Waals surface area contributed by atoms with Gasteiger partial charge in [-0.15, -0.1) is 0 Å². The molecule has 1 N–H and O–H groups in total. The lowest BCUT2D eigenvalue weighted by Crippen LogP contribution is -2.15. The first kappa shape index (κ1) is 10.0. The summed E-state index contributed by atoms with van der Waals surface area (Å²) < 4.78 is 5.17. The molecule has 3 heteroatoms. The molecule has 1 aliphatic carbocycles. The Kier molecular flexibility index (Phi) is 3.21. The Morgan fingerprint density at radius 1 is 1.33 bits per heavy atom. The molecule has 1 saturated carbocycles. The van der Waals surface area contributed by atoms with Crippen molar-refractivity contribution in [1.82, 2.24) is 5.32 Å². The zero-order valence-electron chi connectivity index (χ0n) is 8.57. The van der Waals surface area contributed by atoms with Gasteiger partial charge in [-0.25, -0.2) is 0 Å². The third kappa shape index (κ3) is 3.26. The number of rotatable bonds is 5. The van der Waals surface area contributed by atoms with E-state index in [1.54, 1.807) is 0 Å². The first-order chi connectivity index (χ1) is 7.38. The van der Waals surface area contributed by atoms with E-state index < -0.39 is 0 Å². The van der Waals surface area contributed by atoms with E-state index in [9.17, 15) is 0 Å². The zero-order chi connectivity index (χ0) is 10.5. The molecule has 78 valence electrons. The molecular formula is C12H14N2O. The fourth-order valence-corrected chi connectivity index (χ4v) is 1.37. The van der Waals surface area contributed by atoms with Gasteiger partial charge >= 0.3 is 0 Å². The van der Waals surface area contributed by atoms with Gasteiger partial charge in [0.2, 0.25) is 0 Å². The second kappa shape index (κ2) is 4.81. The summed E-state index contributed by atoms with van der Waals surface area (Å²) in [7, 11) is 0. The first-order valence-electron chi connectivity index (χ1n) is 5.20. The highest BCUT2D eigenvalue weighted by Crippen LogP contribution is 2.19. The van der Waals surface area contributed by atoms with Crippen molar-refractivity contribution >= 4 is 0 Å². The smallest absolute Gasteiger partial charge is 0.174 e. The molecule has 0 aromatic heterocycles. The van der Waals surface area contributed by atoms with Gasteiger partial charge in [-0.1, -0.05) is 12.1 Å². The first-order valence-corrected chi connectivity index (χ1v) is 5.20. The molecule has 0 amide bonds. The Morgan fingerprint density at radius 3 is 2.67 bits per heavy atom. The lowest BCUT2D eigenvalue weighted by Gasteiger charge is -2.05. The molecule has 1 fully saturated rings. The Hall–Kier alpha value is -1.53. The van der Waals surface area contributed by atoms with E-state index in [4.69, 9.17) is 10.00 Å². The normalized spacial score (nSPS) is 14.6. The standard InChI is InChI=1S/C12H14N2O/c13-7-8-15-12-5-1-10(2-6-12)9-14-11-3-4-11/h1-2,5-6,11,14H,3-4,8-9H2. The molecular weight excluding hydrogens is 188 g/mol. The quantitative estimate of drug-likeness (QED) is 0.792. The van der Waals surface area contributed by atoms with Crippen LogP contribution in [0.3, 0.4) is 0 Å². The van der Waals surface area contributed by atoms with Gasteiger partial charge in [0.05, 0.1) is 0 Å². The zero-order valence-corrected chi connectivity index (χ0v) is 8.57. The average Bonchev–Trinajstić information content (AvgIpc) is 3.09. The van der Waals surface area contributed by atoms with Crippen LogP contribution in [0.1, 0.15) is 18.4 Å². The minimum atomic E-state index is 0.111. The third-order valence-corrected chi connectivity index (χ3v) is 2.40. The predicted octanol–water partition coefficient (Wildman–Crippen LogP) is 1.84. The Morgan fingerprint density at radius 2 is 2.07 bits per heavy atom. The summed E-state index contributed by atoms with van der Waals surface area (Å²) in [5, 5.41) is 11.8. The van der Waals surface area contributed by atoms with E-state index >= 15 is 0 Å². The molecule has 1 aromatic carbocycles. The van der Waals surface area contributed by atoms with E-state index in [1.807, 2.05) is 30.3 Å². The van der Waals surface area contributed by atoms with Crippen LogP contribution in [0, 0.1) is 11.3 Å². The molecule has 1 aliphatic rings. The van der Waals surface area contributed by atoms with E-state index in [-0.39, 0.29) is 6.61 Å². The van der Waals surface area contributed by atoms with Crippen LogP contribution in [0.2, 0.25) is 0 Å². The van der Waals surface area contributed by atoms with Crippen molar-refractivity contribution in [2.45, 2.75) is 25.4 Å². The predicted molar refractivity (Wildman–Crippen MR) is 57.4 cm³/mol. The number of nitrogens with one attached hydrogen (secondary N) is 1. The molecule has 1 aromatic rings. The number of hydrogen-bond acceptors (Lipinski definition) is 3. The molecule has 3 nitrogen and oxygen atoms in total. The summed E-state index contributed by atoms with van der Waals surface area (Å²) in [5.74, 6) is 0.756. The van der Waals surface area contributed by atoms with Crippen LogP contribution in [0.4, 0.5) is 0 Å². The summed E-state index contributed by atoms with van der Waals surface area (Å²) in [6, 6.07) is 10.5. The second-order valence-corrected chi connectivity index (χ2v) is 3.75. The lowest BCUT2D eigenvalue weighted by molar-refractivity contribution is 0.368. The Labute approximate surface area is 89.7 Å². The van der Waals surface area contributed by atoms with E-state index in [1.165, 1.54) is 18.4 Å². The number of hydrogen-bond donors (Lipinski definition) is 1. The maximum absolute atomic E-state index is 8.35. The summed E-state index contributed by atoms with van der Waals surface area (Å²) in [6.45, 7) is 1.03. The molecule has 0 atom stereocenters. The number of benzene rings is 1. The SMILES string of the molecule is N#CCOc1ccc(CNC2CC2)cc1. The Bertz CT molecular complexity index is 349. The maximum Gasteiger partial charge on any atom is 0.174 e. The molecule has 0 radical (unpaired) electrons. The largest absolute Gasteiger partial charge is 0.479 e. The maximum atomic E-state index is 8.35. The van der Waals surface area contributed by atoms with Gasteiger partial charge in [-0.3, -0.25) is 0 Å². The van der Waals surface area contributed by atoms with E-state index in [0.717, 1.165) is 18.3 Å². The minimum absolute atomic E-state index is 0.111. The topological polar surface area (TPSA) is 45.0 Å². The van der Waals surface area contributed by atoms with Crippen molar-refractivity contribution in [3.8, 4) is 11.8 Å². The average molecular weight is 202 g/mol. The van der Waals surface area contributed by atoms with Gasteiger partial charge < -0.3 is 10.1 Å². The number of ether oxygens (including phenoxy) is 1. The van der Waals surface area contributed by atoms with Gasteiger partial charge in [0.1, 0.15) is 11.8 Å². The molecule has 15 heavy (non-hydrogen) atoms. The molecule has 0 bridgehead atoms. The van der Waals surface area contributed by atoms with Crippen LogP contribution >= 0.6 is 0 Å². The van der Waals surface area contributed by atoms with Crippen LogP contribution in [0.5, 0.6) is 5.75 Å². The van der Waals surface area contributed by atoms with Crippen LogP contribution < -0.4 is 10.1 Å². The Balaban J connectivity index is 1.82. The summed E-state index contributed by atoms with van der Waals surface area (Å²) in [5.41, 5.74) is 1.26. The molecule has 0 saturated heterocycles. The van der Waals surface area contributed by atoms with Crippen LogP contribution in [0.25, 0.3) is 0 Å². The van der Waals surface area contributed by atoms with E-state index in [0.29, 0.717) is 0 Å². The summed E-state index contributed by atoms with van der Waals surface area (Å²) >= 11 is 0. The van der Waals surface area contributed by atoms with Crippen molar-refractivity contribution in [2.75, 3.05) is 6.61 Å². The van der Waals surface area contributed by atoms with Crippen LogP contribution in [-0.4, -0.2) is 12.6 Å². The van der Waals surface area contributed by atoms with Crippen LogP contribution in [-0.2, 0) is 6.54 Å². The molecule has 0 unspecified atom stereocenters. The second-order valence-electron chi connectivity index (χ2n) is 3.75. The highest BCUT2D eigenvalue weighted by Gasteiger charge is 2.19. The summed E-state index contributed by atoms with van der Waals surface area (Å²) in [6.07, 6.45) is 2.62. The van der Waals surface area contributed by atoms with E-state index in [2.05, 4.69) is 5.32 Å². The minimum Gasteiger partial charge on any atom is -0.479 e. The fraction of sp³-hybridized carbons (Fsp3) is 0.417. The lowest BCUT2D eigenvalue weighted by atomic mass is 10.2. The molecule has 0 spiro atoms. The van der Waals surface area contributed by atoms with Crippen molar-refractivity contribution in [2.24, 2.45) is 0 Å². The monoisotopic (exact) mass is 202 g/mol. The van der Waals surface area contributed by atoms with Crippen molar-refractivity contribution in [3.05, 3.63) is 29.8 Å². The van der Waals surface area contributed by atoms with Crippen molar-refractivity contribution in [1.29, 1.82) is 5.26 Å². The van der Waals surface area contributed by atoms with Crippen molar-refractivity contribution in [3.63, 3.8) is 0 Å². The number of nitrogens with zero attached hydrogens (tertiary/aromatic N) is 1. The van der Waals surface area contributed by atoms with Crippen LogP contribution in [0.15, 0.2) is 24.3 Å². The summed E-state index contributed by atoms with van der Waals surface area (Å²) in [4.78, 5) is 0. The van der Waals surface area contributed by atoms with Gasteiger partial charge in [0.25, 0.3) is 0 Å². The van der Waals surface area contributed by atoms with Gasteiger partial charge in [-0.05, 0) is 30.5 Å². The third-order valence-electron chi connectivity index (χ3n) is 2.40. The molecule has 0 aliphatic heterocycles. The molecule has 0 heterocycles. The molecule has 2 rings (SSSR count). The number of nitriles is 1. The highest BCUT2D eigenvalue weighted by molar-refractivity contribution is 5.27. The van der Waals surface area contributed by atoms with Crippen molar-refractivity contribution < 1.29 is 4.74 Å². The van der Waals surface area contributed by atoms with Gasteiger partial charge in [0, 0.05) is 12.6 Å². The fourth-order valence-electron chi connectivity index (χ4n) is 1.37. The highest BCUT2D eigenvalue weighted by atomic mass is 16.5. The van der Waals surface area contributed by atoms with Gasteiger partial charge in [-0.2, -0.15) is 5.26 Å².